The van der Waals surface area contributed by atoms with E-state index in [0.29, 0.717) is 6.04 Å². The van der Waals surface area contributed by atoms with E-state index in [1.54, 1.807) is 20.4 Å². The highest BCUT2D eigenvalue weighted by Crippen LogP contribution is 2.16. The van der Waals surface area contributed by atoms with Crippen molar-refractivity contribution in [2.45, 2.75) is 18.8 Å². The van der Waals surface area contributed by atoms with E-state index in [1.165, 1.54) is 0 Å². The minimum absolute atomic E-state index is 0.427. The quantitative estimate of drug-likeness (QED) is 0.735. The van der Waals surface area contributed by atoms with Gasteiger partial charge in [-0.25, -0.2) is 9.97 Å². The van der Waals surface area contributed by atoms with Crippen molar-refractivity contribution in [3.63, 3.8) is 0 Å². The van der Waals surface area contributed by atoms with Gasteiger partial charge >= 0.3 is 0 Å². The first-order chi connectivity index (χ1) is 9.63. The Hall–Kier alpha value is -1.08. The molecule has 0 aliphatic carbocycles. The van der Waals surface area contributed by atoms with E-state index in [1.807, 2.05) is 6.07 Å². The highest BCUT2D eigenvalue weighted by molar-refractivity contribution is 5.05. The smallest absolute Gasteiger partial charge is 0.200 e. The topological polar surface area (TPSA) is 50.7 Å². The van der Waals surface area contributed by atoms with E-state index < -0.39 is 6.29 Å². The number of methoxy groups -OCH3 is 2. The maximum atomic E-state index is 5.24. The van der Waals surface area contributed by atoms with Crippen molar-refractivity contribution < 1.29 is 9.47 Å². The molecular weight excluding hydrogens is 256 g/mol. The summed E-state index contributed by atoms with van der Waals surface area (Å²) in [6.45, 7) is 3.24. The maximum Gasteiger partial charge on any atom is 0.200 e. The van der Waals surface area contributed by atoms with E-state index in [9.17, 15) is 0 Å². The summed E-state index contributed by atoms with van der Waals surface area (Å²) in [6.07, 6.45) is 2.19. The summed E-state index contributed by atoms with van der Waals surface area (Å²) >= 11 is 0. The van der Waals surface area contributed by atoms with Gasteiger partial charge in [0, 0.05) is 52.5 Å². The van der Waals surface area contributed by atoms with Gasteiger partial charge in [0.15, 0.2) is 0 Å². The number of ether oxygens (including phenoxy) is 2. The van der Waals surface area contributed by atoms with E-state index in [2.05, 4.69) is 33.9 Å². The van der Waals surface area contributed by atoms with Gasteiger partial charge < -0.3 is 19.3 Å². The molecule has 0 N–H and O–H groups in total. The van der Waals surface area contributed by atoms with Gasteiger partial charge in [0.05, 0.1) is 5.69 Å². The van der Waals surface area contributed by atoms with Gasteiger partial charge in [-0.3, -0.25) is 0 Å². The number of hydrogen-bond donors (Lipinski definition) is 0. The summed E-state index contributed by atoms with van der Waals surface area (Å²) in [6, 6.07) is 2.28. The maximum absolute atomic E-state index is 5.24. The van der Waals surface area contributed by atoms with Crippen molar-refractivity contribution in [2.75, 3.05) is 47.9 Å². The van der Waals surface area contributed by atoms with Gasteiger partial charge in [0.2, 0.25) is 6.29 Å². The molecule has 6 heteroatoms. The zero-order valence-electron chi connectivity index (χ0n) is 12.7. The van der Waals surface area contributed by atoms with Crippen molar-refractivity contribution in [1.82, 2.24) is 19.8 Å². The summed E-state index contributed by atoms with van der Waals surface area (Å²) in [4.78, 5) is 13.7. The second-order valence-corrected chi connectivity index (χ2v) is 5.30. The SMILES string of the molecule is COC(OC)c1ccnc(CC2CN(C)CCN2C)n1. The highest BCUT2D eigenvalue weighted by Gasteiger charge is 2.23. The van der Waals surface area contributed by atoms with Crippen LogP contribution in [0.4, 0.5) is 0 Å². The number of rotatable bonds is 5. The molecule has 1 saturated heterocycles. The Labute approximate surface area is 120 Å². The van der Waals surface area contributed by atoms with Crippen molar-refractivity contribution in [2.24, 2.45) is 0 Å². The lowest BCUT2D eigenvalue weighted by Gasteiger charge is -2.37. The molecule has 1 aliphatic heterocycles. The highest BCUT2D eigenvalue weighted by atomic mass is 16.7. The molecule has 1 fully saturated rings. The van der Waals surface area contributed by atoms with Crippen molar-refractivity contribution in [1.29, 1.82) is 0 Å². The number of nitrogens with zero attached hydrogens (tertiary/aromatic N) is 4. The molecule has 0 aromatic carbocycles. The number of aromatic nitrogens is 2. The molecule has 2 heterocycles. The Morgan fingerprint density at radius 3 is 2.75 bits per heavy atom. The predicted octanol–water partition coefficient (Wildman–Crippen LogP) is 0.556. The van der Waals surface area contributed by atoms with Crippen LogP contribution in [0.25, 0.3) is 0 Å². The Kier molecular flexibility index (Phi) is 5.42. The Bertz CT molecular complexity index is 425. The van der Waals surface area contributed by atoms with Gasteiger partial charge in [0.1, 0.15) is 5.82 Å². The first-order valence-corrected chi connectivity index (χ1v) is 6.90. The van der Waals surface area contributed by atoms with Gasteiger partial charge in [-0.2, -0.15) is 0 Å². The molecule has 112 valence electrons. The summed E-state index contributed by atoms with van der Waals surface area (Å²) in [5.41, 5.74) is 0.770. The average Bonchev–Trinajstić information content (AvgIpc) is 2.45. The van der Waals surface area contributed by atoms with Crippen LogP contribution >= 0.6 is 0 Å². The summed E-state index contributed by atoms with van der Waals surface area (Å²) in [5, 5.41) is 0. The van der Waals surface area contributed by atoms with E-state index in [4.69, 9.17) is 9.47 Å². The molecule has 1 unspecified atom stereocenters. The Morgan fingerprint density at radius 2 is 2.05 bits per heavy atom. The number of piperazine rings is 1. The van der Waals surface area contributed by atoms with E-state index in [-0.39, 0.29) is 0 Å². The van der Waals surface area contributed by atoms with Crippen LogP contribution in [0.1, 0.15) is 17.8 Å². The van der Waals surface area contributed by atoms with E-state index >= 15 is 0 Å². The third-order valence-electron chi connectivity index (χ3n) is 3.80. The standard InChI is InChI=1S/C14H24N4O2/c1-17-7-8-18(2)11(10-17)9-13-15-6-5-12(16-13)14(19-3)20-4/h5-6,11,14H,7-10H2,1-4H3. The van der Waals surface area contributed by atoms with Gasteiger partial charge in [-0.05, 0) is 20.2 Å². The lowest BCUT2D eigenvalue weighted by Crippen LogP contribution is -2.51. The Balaban J connectivity index is 2.07. The van der Waals surface area contributed by atoms with Gasteiger partial charge in [-0.1, -0.05) is 0 Å². The molecule has 1 aromatic heterocycles. The van der Waals surface area contributed by atoms with Crippen LogP contribution in [0.3, 0.4) is 0 Å². The fraction of sp³-hybridized carbons (Fsp3) is 0.714. The van der Waals surface area contributed by atoms with Crippen molar-refractivity contribution in [3.05, 3.63) is 23.8 Å². The monoisotopic (exact) mass is 280 g/mol. The minimum atomic E-state index is -0.427. The fourth-order valence-electron chi connectivity index (χ4n) is 2.51. The molecule has 6 nitrogen and oxygen atoms in total. The second kappa shape index (κ2) is 7.08. The number of likely N-dealkylation sites (N-methyl/N-ethyl adjacent to an activating group) is 2. The molecular formula is C14H24N4O2. The van der Waals surface area contributed by atoms with Gasteiger partial charge in [0.25, 0.3) is 0 Å². The van der Waals surface area contributed by atoms with Crippen LogP contribution in [0.5, 0.6) is 0 Å². The average molecular weight is 280 g/mol. The van der Waals surface area contributed by atoms with Crippen LogP contribution in [-0.2, 0) is 15.9 Å². The molecule has 1 atom stereocenters. The minimum Gasteiger partial charge on any atom is -0.350 e. The van der Waals surface area contributed by atoms with Crippen LogP contribution in [0, 0.1) is 0 Å². The first kappa shape index (κ1) is 15.3. The lowest BCUT2D eigenvalue weighted by atomic mass is 10.1. The molecule has 0 radical (unpaired) electrons. The third kappa shape index (κ3) is 3.73. The molecule has 0 bridgehead atoms. The Morgan fingerprint density at radius 1 is 1.30 bits per heavy atom. The molecule has 1 aliphatic rings. The molecule has 0 spiro atoms. The molecule has 1 aromatic rings. The van der Waals surface area contributed by atoms with Crippen LogP contribution in [0.2, 0.25) is 0 Å². The first-order valence-electron chi connectivity index (χ1n) is 6.90. The van der Waals surface area contributed by atoms with Crippen molar-refractivity contribution in [3.8, 4) is 0 Å². The van der Waals surface area contributed by atoms with Gasteiger partial charge in [-0.15, -0.1) is 0 Å². The number of hydrogen-bond acceptors (Lipinski definition) is 6. The largest absolute Gasteiger partial charge is 0.350 e. The van der Waals surface area contributed by atoms with Crippen LogP contribution in [-0.4, -0.2) is 73.8 Å². The molecule has 0 saturated carbocycles. The third-order valence-corrected chi connectivity index (χ3v) is 3.80. The molecule has 20 heavy (non-hydrogen) atoms. The lowest BCUT2D eigenvalue weighted by molar-refractivity contribution is -0.108. The summed E-state index contributed by atoms with van der Waals surface area (Å²) in [5.74, 6) is 0.841. The normalized spacial score (nSPS) is 21.6. The molecule has 2 rings (SSSR count). The van der Waals surface area contributed by atoms with E-state index in [0.717, 1.165) is 37.6 Å². The molecule has 0 amide bonds. The zero-order valence-corrected chi connectivity index (χ0v) is 12.7. The summed E-state index contributed by atoms with van der Waals surface area (Å²) in [7, 11) is 7.54. The fourth-order valence-corrected chi connectivity index (χ4v) is 2.51. The van der Waals surface area contributed by atoms with Crippen molar-refractivity contribution >= 4 is 0 Å². The summed E-state index contributed by atoms with van der Waals surface area (Å²) < 4.78 is 10.5. The second-order valence-electron chi connectivity index (χ2n) is 5.30. The zero-order chi connectivity index (χ0) is 14.5. The predicted molar refractivity (Wildman–Crippen MR) is 76.4 cm³/mol. The van der Waals surface area contributed by atoms with Crippen LogP contribution < -0.4 is 0 Å². The van der Waals surface area contributed by atoms with Crippen LogP contribution in [0.15, 0.2) is 12.3 Å².